The minimum Gasteiger partial charge on any atom is -0.423 e. The standard InChI is InChI=1S/C26H20N2O4/c29-24(20-8-2-1-3-9-20)25(30)28-27-17-18-13-15-21(16-14-18)32-26(31)23-12-6-10-19-7-4-5-11-22(19)23/h1-17,24,29H,(H,28,30)/b27-17-/t24-/m1/s1. The fourth-order valence-corrected chi connectivity index (χ4v) is 3.21. The highest BCUT2D eigenvalue weighted by Crippen LogP contribution is 2.21. The van der Waals surface area contributed by atoms with Crippen LogP contribution in [0.1, 0.15) is 27.6 Å². The van der Waals surface area contributed by atoms with Crippen LogP contribution in [-0.4, -0.2) is 23.2 Å². The molecule has 1 amide bonds. The van der Waals surface area contributed by atoms with E-state index in [0.29, 0.717) is 22.4 Å². The lowest BCUT2D eigenvalue weighted by Gasteiger charge is -2.08. The third kappa shape index (κ3) is 4.88. The van der Waals surface area contributed by atoms with Gasteiger partial charge in [-0.1, -0.05) is 66.7 Å². The number of benzene rings is 4. The van der Waals surface area contributed by atoms with Gasteiger partial charge in [0.05, 0.1) is 11.8 Å². The quantitative estimate of drug-likeness (QED) is 0.210. The average Bonchev–Trinajstić information content (AvgIpc) is 2.84. The summed E-state index contributed by atoms with van der Waals surface area (Å²) in [5.41, 5.74) is 3.97. The summed E-state index contributed by atoms with van der Waals surface area (Å²) in [4.78, 5) is 24.6. The van der Waals surface area contributed by atoms with Gasteiger partial charge in [0.25, 0.3) is 5.91 Å². The van der Waals surface area contributed by atoms with Crippen molar-refractivity contribution in [1.82, 2.24) is 5.43 Å². The van der Waals surface area contributed by atoms with Gasteiger partial charge in [-0.25, -0.2) is 10.2 Å². The molecule has 4 aromatic rings. The summed E-state index contributed by atoms with van der Waals surface area (Å²) in [6.45, 7) is 0. The Hall–Kier alpha value is -4.29. The highest BCUT2D eigenvalue weighted by molar-refractivity contribution is 6.05. The Balaban J connectivity index is 1.37. The maximum Gasteiger partial charge on any atom is 0.344 e. The minimum absolute atomic E-state index is 0.392. The summed E-state index contributed by atoms with van der Waals surface area (Å²) < 4.78 is 5.50. The summed E-state index contributed by atoms with van der Waals surface area (Å²) in [7, 11) is 0. The van der Waals surface area contributed by atoms with Gasteiger partial charge in [-0.3, -0.25) is 4.79 Å². The highest BCUT2D eigenvalue weighted by atomic mass is 16.5. The molecule has 0 radical (unpaired) electrons. The lowest BCUT2D eigenvalue weighted by atomic mass is 10.0. The van der Waals surface area contributed by atoms with Gasteiger partial charge in [0.15, 0.2) is 6.10 Å². The van der Waals surface area contributed by atoms with Gasteiger partial charge in [0.1, 0.15) is 5.75 Å². The second-order valence-corrected chi connectivity index (χ2v) is 7.03. The van der Waals surface area contributed by atoms with Crippen LogP contribution in [0.4, 0.5) is 0 Å². The first-order chi connectivity index (χ1) is 15.6. The molecule has 4 rings (SSSR count). The molecular weight excluding hydrogens is 404 g/mol. The molecule has 0 heterocycles. The zero-order valence-corrected chi connectivity index (χ0v) is 17.0. The zero-order valence-electron chi connectivity index (χ0n) is 17.0. The van der Waals surface area contributed by atoms with Crippen molar-refractivity contribution in [1.29, 1.82) is 0 Å². The molecule has 32 heavy (non-hydrogen) atoms. The SMILES string of the molecule is O=C(Oc1ccc(/C=N\NC(=O)[C@H](O)c2ccccc2)cc1)c1cccc2ccccc12. The first kappa shape index (κ1) is 21.0. The van der Waals surface area contributed by atoms with Crippen molar-refractivity contribution in [2.75, 3.05) is 0 Å². The van der Waals surface area contributed by atoms with Crippen molar-refractivity contribution in [3.63, 3.8) is 0 Å². The molecule has 0 aliphatic heterocycles. The Kier molecular flexibility index (Phi) is 6.34. The molecule has 0 aliphatic carbocycles. The summed E-state index contributed by atoms with van der Waals surface area (Å²) in [6, 6.07) is 28.4. The van der Waals surface area contributed by atoms with E-state index < -0.39 is 18.0 Å². The molecule has 6 heteroatoms. The number of hydrogen-bond acceptors (Lipinski definition) is 5. The van der Waals surface area contributed by atoms with Crippen LogP contribution in [0.3, 0.4) is 0 Å². The fraction of sp³-hybridized carbons (Fsp3) is 0.0385. The summed E-state index contributed by atoms with van der Waals surface area (Å²) in [6.07, 6.45) is 0.135. The van der Waals surface area contributed by atoms with Crippen molar-refractivity contribution in [2.45, 2.75) is 6.10 Å². The maximum atomic E-state index is 12.6. The van der Waals surface area contributed by atoms with Gasteiger partial charge in [-0.15, -0.1) is 0 Å². The molecule has 0 fully saturated rings. The van der Waals surface area contributed by atoms with E-state index in [-0.39, 0.29) is 0 Å². The molecule has 0 bridgehead atoms. The molecule has 1 atom stereocenters. The van der Waals surface area contributed by atoms with Crippen LogP contribution in [0.5, 0.6) is 5.75 Å². The van der Waals surface area contributed by atoms with Crippen molar-refractivity contribution < 1.29 is 19.4 Å². The number of nitrogens with zero attached hydrogens (tertiary/aromatic N) is 1. The molecule has 2 N–H and O–H groups in total. The lowest BCUT2D eigenvalue weighted by Crippen LogP contribution is -2.25. The maximum absolute atomic E-state index is 12.6. The van der Waals surface area contributed by atoms with Gasteiger partial charge in [-0.05, 0) is 52.2 Å². The normalized spacial score (nSPS) is 11.9. The Morgan fingerprint density at radius 2 is 1.53 bits per heavy atom. The van der Waals surface area contributed by atoms with Crippen molar-refractivity contribution in [3.8, 4) is 5.75 Å². The van der Waals surface area contributed by atoms with Gasteiger partial charge in [0, 0.05) is 0 Å². The third-order valence-electron chi connectivity index (χ3n) is 4.85. The molecule has 0 unspecified atom stereocenters. The number of hydrogen-bond donors (Lipinski definition) is 2. The number of fused-ring (bicyclic) bond motifs is 1. The molecular formula is C26H20N2O4. The predicted molar refractivity (Wildman–Crippen MR) is 122 cm³/mol. The third-order valence-corrected chi connectivity index (χ3v) is 4.85. The molecule has 0 saturated heterocycles. The van der Waals surface area contributed by atoms with Gasteiger partial charge in [0.2, 0.25) is 0 Å². The average molecular weight is 424 g/mol. The highest BCUT2D eigenvalue weighted by Gasteiger charge is 2.16. The van der Waals surface area contributed by atoms with Crippen LogP contribution >= 0.6 is 0 Å². The molecule has 0 aliphatic rings. The van der Waals surface area contributed by atoms with Crippen LogP contribution < -0.4 is 10.2 Å². The number of rotatable bonds is 6. The Morgan fingerprint density at radius 3 is 2.31 bits per heavy atom. The first-order valence-electron chi connectivity index (χ1n) is 9.98. The summed E-state index contributed by atoms with van der Waals surface area (Å²) in [5.74, 6) is -0.679. The number of carbonyl (C=O) groups excluding carboxylic acids is 2. The molecule has 0 aromatic heterocycles. The number of nitrogens with one attached hydrogen (secondary N) is 1. The van der Waals surface area contributed by atoms with Gasteiger partial charge < -0.3 is 9.84 Å². The minimum atomic E-state index is -1.30. The lowest BCUT2D eigenvalue weighted by molar-refractivity contribution is -0.129. The number of carbonyl (C=O) groups is 2. The van der Waals surface area contributed by atoms with Crippen LogP contribution in [0.2, 0.25) is 0 Å². The molecule has 6 nitrogen and oxygen atoms in total. The van der Waals surface area contributed by atoms with Crippen LogP contribution in [0.15, 0.2) is 102 Å². The zero-order chi connectivity index (χ0) is 22.3. The van der Waals surface area contributed by atoms with E-state index in [0.717, 1.165) is 10.8 Å². The fourth-order valence-electron chi connectivity index (χ4n) is 3.21. The molecule has 158 valence electrons. The van der Waals surface area contributed by atoms with E-state index in [1.165, 1.54) is 6.21 Å². The molecule has 4 aromatic carbocycles. The van der Waals surface area contributed by atoms with Gasteiger partial charge in [-0.2, -0.15) is 5.10 Å². The Bertz CT molecular complexity index is 1260. The van der Waals surface area contributed by atoms with E-state index in [2.05, 4.69) is 10.5 Å². The van der Waals surface area contributed by atoms with Crippen molar-refractivity contribution in [3.05, 3.63) is 114 Å². The van der Waals surface area contributed by atoms with Crippen LogP contribution in [0, 0.1) is 0 Å². The number of aliphatic hydroxyl groups is 1. The van der Waals surface area contributed by atoms with Crippen molar-refractivity contribution in [2.24, 2.45) is 5.10 Å². The van der Waals surface area contributed by atoms with E-state index >= 15 is 0 Å². The number of esters is 1. The van der Waals surface area contributed by atoms with E-state index in [4.69, 9.17) is 4.74 Å². The summed E-state index contributed by atoms with van der Waals surface area (Å²) >= 11 is 0. The number of aliphatic hydroxyl groups excluding tert-OH is 1. The van der Waals surface area contributed by atoms with Crippen LogP contribution in [-0.2, 0) is 4.79 Å². The molecule has 0 spiro atoms. The van der Waals surface area contributed by atoms with E-state index in [1.807, 2.05) is 36.4 Å². The largest absolute Gasteiger partial charge is 0.423 e. The monoisotopic (exact) mass is 424 g/mol. The summed E-state index contributed by atoms with van der Waals surface area (Å²) in [5, 5.41) is 15.7. The number of hydrazone groups is 1. The van der Waals surface area contributed by atoms with Crippen molar-refractivity contribution >= 4 is 28.9 Å². The van der Waals surface area contributed by atoms with Gasteiger partial charge >= 0.3 is 5.97 Å². The Morgan fingerprint density at radius 1 is 0.844 bits per heavy atom. The second-order valence-electron chi connectivity index (χ2n) is 7.03. The van der Waals surface area contributed by atoms with Crippen LogP contribution in [0.25, 0.3) is 10.8 Å². The first-order valence-corrected chi connectivity index (χ1v) is 9.98. The number of amides is 1. The topological polar surface area (TPSA) is 88.0 Å². The number of ether oxygens (including phenoxy) is 1. The molecule has 0 saturated carbocycles. The smallest absolute Gasteiger partial charge is 0.344 e. The second kappa shape index (κ2) is 9.68. The predicted octanol–water partition coefficient (Wildman–Crippen LogP) is 4.24. The van der Waals surface area contributed by atoms with E-state index in [1.54, 1.807) is 60.7 Å². The van der Waals surface area contributed by atoms with E-state index in [9.17, 15) is 14.7 Å². The Labute approximate surface area is 184 Å².